The number of methoxy groups -OCH3 is 1. The van der Waals surface area contributed by atoms with Gasteiger partial charge in [-0.1, -0.05) is 12.8 Å². The topological polar surface area (TPSA) is 45.6 Å². The second-order valence-electron chi connectivity index (χ2n) is 6.15. The molecule has 20 heavy (non-hydrogen) atoms. The molecule has 1 aromatic rings. The first kappa shape index (κ1) is 15.3. The van der Waals surface area contributed by atoms with E-state index in [2.05, 4.69) is 9.88 Å². The second-order valence-corrected chi connectivity index (χ2v) is 6.15. The van der Waals surface area contributed by atoms with Crippen LogP contribution in [-0.4, -0.2) is 41.3 Å². The molecule has 2 rings (SSSR count). The number of likely N-dealkylation sites (N-methyl/N-ethyl adjacent to an activating group) is 1. The van der Waals surface area contributed by atoms with Crippen molar-refractivity contribution in [2.24, 2.45) is 0 Å². The van der Waals surface area contributed by atoms with E-state index >= 15 is 0 Å². The van der Waals surface area contributed by atoms with Crippen molar-refractivity contribution < 1.29 is 9.84 Å². The van der Waals surface area contributed by atoms with Gasteiger partial charge >= 0.3 is 0 Å². The van der Waals surface area contributed by atoms with E-state index in [-0.39, 0.29) is 0 Å². The lowest BCUT2D eigenvalue weighted by molar-refractivity contribution is 0.0142. The highest BCUT2D eigenvalue weighted by Gasteiger charge is 2.32. The van der Waals surface area contributed by atoms with Crippen LogP contribution in [0.3, 0.4) is 0 Å². The molecule has 0 aliphatic heterocycles. The molecule has 1 N–H and O–H groups in total. The summed E-state index contributed by atoms with van der Waals surface area (Å²) in [5.74, 6) is 0.919. The normalized spacial score (nSPS) is 17.7. The molecule has 1 aliphatic rings. The maximum Gasteiger partial charge on any atom is 0.128 e. The summed E-state index contributed by atoms with van der Waals surface area (Å²) in [7, 11) is 3.74. The number of hydrogen-bond donors (Lipinski definition) is 1. The fourth-order valence-electron chi connectivity index (χ4n) is 3.24. The second kappa shape index (κ2) is 6.10. The Hall–Kier alpha value is -1.13. The van der Waals surface area contributed by atoms with E-state index in [1.165, 1.54) is 0 Å². The summed E-state index contributed by atoms with van der Waals surface area (Å²) in [5, 5.41) is 10.5. The molecule has 0 bridgehead atoms. The highest BCUT2D eigenvalue weighted by molar-refractivity contribution is 5.41. The van der Waals surface area contributed by atoms with Crippen LogP contribution in [-0.2, 0) is 6.54 Å². The van der Waals surface area contributed by atoms with E-state index in [0.29, 0.717) is 6.54 Å². The Morgan fingerprint density at radius 3 is 2.60 bits per heavy atom. The van der Waals surface area contributed by atoms with Crippen molar-refractivity contribution in [1.29, 1.82) is 0 Å². The molecule has 0 unspecified atom stereocenters. The van der Waals surface area contributed by atoms with Crippen LogP contribution >= 0.6 is 0 Å². The first-order valence-electron chi connectivity index (χ1n) is 7.35. The van der Waals surface area contributed by atoms with Gasteiger partial charge in [-0.05, 0) is 33.7 Å². The van der Waals surface area contributed by atoms with Crippen molar-refractivity contribution in [1.82, 2.24) is 9.88 Å². The van der Waals surface area contributed by atoms with Crippen molar-refractivity contribution in [3.8, 4) is 5.75 Å². The maximum absolute atomic E-state index is 10.5. The zero-order valence-electron chi connectivity index (χ0n) is 13.1. The standard InChI is InChI=1S/C16H26N2O2/c1-12-9-17-14(13(2)15(12)20-4)10-18(3)11-16(19)7-5-6-8-16/h9,19H,5-8,10-11H2,1-4H3. The molecule has 0 radical (unpaired) electrons. The minimum Gasteiger partial charge on any atom is -0.496 e. The molecule has 0 saturated heterocycles. The zero-order valence-corrected chi connectivity index (χ0v) is 13.1. The van der Waals surface area contributed by atoms with E-state index in [9.17, 15) is 5.11 Å². The molecular weight excluding hydrogens is 252 g/mol. The third-order valence-corrected chi connectivity index (χ3v) is 4.27. The van der Waals surface area contributed by atoms with Gasteiger partial charge in [-0.25, -0.2) is 0 Å². The van der Waals surface area contributed by atoms with Gasteiger partial charge in [0, 0.05) is 30.4 Å². The van der Waals surface area contributed by atoms with Gasteiger partial charge in [0.25, 0.3) is 0 Å². The molecule has 4 nitrogen and oxygen atoms in total. The maximum atomic E-state index is 10.5. The third-order valence-electron chi connectivity index (χ3n) is 4.27. The summed E-state index contributed by atoms with van der Waals surface area (Å²) < 4.78 is 5.44. The van der Waals surface area contributed by atoms with Crippen LogP contribution < -0.4 is 4.74 Å². The molecule has 112 valence electrons. The molecule has 0 aromatic carbocycles. The molecule has 1 aliphatic carbocycles. The fourth-order valence-corrected chi connectivity index (χ4v) is 3.24. The number of ether oxygens (including phenoxy) is 1. The molecule has 0 spiro atoms. The van der Waals surface area contributed by atoms with E-state index in [0.717, 1.165) is 54.8 Å². The van der Waals surface area contributed by atoms with Crippen molar-refractivity contribution >= 4 is 0 Å². The van der Waals surface area contributed by atoms with Crippen LogP contribution in [0.25, 0.3) is 0 Å². The number of aromatic nitrogens is 1. The van der Waals surface area contributed by atoms with Crippen molar-refractivity contribution in [3.05, 3.63) is 23.0 Å². The van der Waals surface area contributed by atoms with Gasteiger partial charge in [0.15, 0.2) is 0 Å². The quantitative estimate of drug-likeness (QED) is 0.898. The number of aliphatic hydroxyl groups is 1. The Bertz CT molecular complexity index is 468. The van der Waals surface area contributed by atoms with Gasteiger partial charge in [-0.15, -0.1) is 0 Å². The van der Waals surface area contributed by atoms with Crippen molar-refractivity contribution in [2.75, 3.05) is 20.7 Å². The average Bonchev–Trinajstić information content (AvgIpc) is 2.80. The lowest BCUT2D eigenvalue weighted by Crippen LogP contribution is -2.39. The summed E-state index contributed by atoms with van der Waals surface area (Å²) in [4.78, 5) is 6.68. The van der Waals surface area contributed by atoms with Crippen molar-refractivity contribution in [2.45, 2.75) is 51.7 Å². The number of hydrogen-bond acceptors (Lipinski definition) is 4. The van der Waals surface area contributed by atoms with Crippen LogP contribution in [0.4, 0.5) is 0 Å². The van der Waals surface area contributed by atoms with Crippen molar-refractivity contribution in [3.63, 3.8) is 0 Å². The minimum absolute atomic E-state index is 0.503. The third kappa shape index (κ3) is 3.30. The Balaban J connectivity index is 2.06. The molecule has 1 fully saturated rings. The monoisotopic (exact) mass is 278 g/mol. The summed E-state index contributed by atoms with van der Waals surface area (Å²) in [5.41, 5.74) is 2.68. The highest BCUT2D eigenvalue weighted by Crippen LogP contribution is 2.30. The first-order valence-corrected chi connectivity index (χ1v) is 7.35. The lowest BCUT2D eigenvalue weighted by atomic mass is 10.0. The number of aryl methyl sites for hydroxylation is 1. The Kier molecular flexibility index (Phi) is 4.66. The van der Waals surface area contributed by atoms with Gasteiger partial charge in [-0.2, -0.15) is 0 Å². The minimum atomic E-state index is -0.503. The Morgan fingerprint density at radius 2 is 2.00 bits per heavy atom. The van der Waals surface area contributed by atoms with Crippen LogP contribution in [0.15, 0.2) is 6.20 Å². The number of pyridine rings is 1. The van der Waals surface area contributed by atoms with Crippen LogP contribution in [0.2, 0.25) is 0 Å². The molecule has 4 heteroatoms. The molecule has 1 saturated carbocycles. The average molecular weight is 278 g/mol. The molecule has 1 aromatic heterocycles. The van der Waals surface area contributed by atoms with E-state index < -0.39 is 5.60 Å². The van der Waals surface area contributed by atoms with Crippen LogP contribution in [0.1, 0.15) is 42.5 Å². The van der Waals surface area contributed by atoms with Crippen LogP contribution in [0, 0.1) is 13.8 Å². The summed E-state index contributed by atoms with van der Waals surface area (Å²) in [6.45, 7) is 5.51. The van der Waals surface area contributed by atoms with E-state index in [1.54, 1.807) is 7.11 Å². The van der Waals surface area contributed by atoms with Crippen LogP contribution in [0.5, 0.6) is 5.75 Å². The molecule has 1 heterocycles. The zero-order chi connectivity index (χ0) is 14.8. The van der Waals surface area contributed by atoms with Gasteiger partial charge in [-0.3, -0.25) is 9.88 Å². The summed E-state index contributed by atoms with van der Waals surface area (Å²) in [6, 6.07) is 0. The predicted octanol–water partition coefficient (Wildman–Crippen LogP) is 2.44. The fraction of sp³-hybridized carbons (Fsp3) is 0.688. The SMILES string of the molecule is COc1c(C)cnc(CN(C)CC2(O)CCCC2)c1C. The van der Waals surface area contributed by atoms with E-state index in [4.69, 9.17) is 4.74 Å². The Labute approximate surface area is 121 Å². The Morgan fingerprint density at radius 1 is 1.35 bits per heavy atom. The lowest BCUT2D eigenvalue weighted by Gasteiger charge is -2.28. The highest BCUT2D eigenvalue weighted by atomic mass is 16.5. The van der Waals surface area contributed by atoms with E-state index in [1.807, 2.05) is 27.1 Å². The molecular formula is C16H26N2O2. The molecule has 0 amide bonds. The molecule has 0 atom stereocenters. The smallest absolute Gasteiger partial charge is 0.128 e. The largest absolute Gasteiger partial charge is 0.496 e. The summed E-state index contributed by atoms with van der Waals surface area (Å²) >= 11 is 0. The van der Waals surface area contributed by atoms with Gasteiger partial charge in [0.1, 0.15) is 5.75 Å². The summed E-state index contributed by atoms with van der Waals surface area (Å²) in [6.07, 6.45) is 5.97. The first-order chi connectivity index (χ1) is 9.45. The number of rotatable bonds is 5. The van der Waals surface area contributed by atoms with Gasteiger partial charge < -0.3 is 9.84 Å². The van der Waals surface area contributed by atoms with Gasteiger partial charge in [0.05, 0.1) is 18.4 Å². The van der Waals surface area contributed by atoms with Gasteiger partial charge in [0.2, 0.25) is 0 Å². The predicted molar refractivity (Wildman–Crippen MR) is 80.0 cm³/mol. The number of nitrogens with zero attached hydrogens (tertiary/aromatic N) is 2.